The fraction of sp³-hybridized carbons (Fsp3) is 0.261. The zero-order valence-corrected chi connectivity index (χ0v) is 22.5. The fourth-order valence-electron chi connectivity index (χ4n) is 3.37. The van der Waals surface area contributed by atoms with Crippen molar-refractivity contribution < 1.29 is 50.0 Å². The van der Waals surface area contributed by atoms with Crippen LogP contribution in [0.3, 0.4) is 0 Å². The van der Waals surface area contributed by atoms with Crippen molar-refractivity contribution in [3.05, 3.63) is 59.8 Å². The predicted octanol–water partition coefficient (Wildman–Crippen LogP) is 4.26. The van der Waals surface area contributed by atoms with E-state index in [4.69, 9.17) is 8.83 Å². The Morgan fingerprint density at radius 1 is 1.00 bits per heavy atom. The molecule has 7 nitrogen and oxygen atoms in total. The van der Waals surface area contributed by atoms with Gasteiger partial charge in [-0.3, -0.25) is 0 Å². The number of sulfone groups is 1. The number of anilines is 1. The van der Waals surface area contributed by atoms with Crippen molar-refractivity contribution in [3.63, 3.8) is 0 Å². The maximum absolute atomic E-state index is 12.6. The van der Waals surface area contributed by atoms with Crippen LogP contribution in [-0.4, -0.2) is 40.1 Å². The molecule has 4 rings (SSSR count). The van der Waals surface area contributed by atoms with E-state index in [-0.39, 0.29) is 54.8 Å². The summed E-state index contributed by atoms with van der Waals surface area (Å²) in [6, 6.07) is 11.8. The van der Waals surface area contributed by atoms with Crippen LogP contribution in [0, 0.1) is 6.92 Å². The Balaban J connectivity index is 0.00000125. The summed E-state index contributed by atoms with van der Waals surface area (Å²) < 4.78 is 35.3. The normalized spacial score (nSPS) is 11.0. The van der Waals surface area contributed by atoms with Crippen LogP contribution in [0.1, 0.15) is 13.8 Å². The number of fused-ring (bicyclic) bond motifs is 2. The Labute approximate surface area is 219 Å². The minimum Gasteiger partial charge on any atom is -0.436 e. The molecule has 169 valence electrons. The SMILES string of the molecule is [B]C.[CH2-]CS(=O)(=O)c1ccc2oc(-c3cc4ccc(N(CC)CC)cc4oc3=O)nc2c1.[Y]. The molecule has 0 unspecified atom stereocenters. The molecule has 2 aromatic heterocycles. The van der Waals surface area contributed by atoms with Crippen LogP contribution >= 0.6 is 0 Å². The van der Waals surface area contributed by atoms with Crippen LogP contribution in [0.2, 0.25) is 6.82 Å². The van der Waals surface area contributed by atoms with Crippen LogP contribution in [0.25, 0.3) is 33.5 Å². The van der Waals surface area contributed by atoms with Crippen LogP contribution < -0.4 is 10.5 Å². The maximum Gasteiger partial charge on any atom is 0.349 e. The van der Waals surface area contributed by atoms with E-state index >= 15 is 0 Å². The second kappa shape index (κ2) is 11.4. The minimum atomic E-state index is -3.47. The van der Waals surface area contributed by atoms with Gasteiger partial charge < -0.3 is 20.7 Å². The third kappa shape index (κ3) is 5.58. The monoisotopic (exact) mass is 540 g/mol. The molecule has 0 spiro atoms. The molecule has 0 aliphatic rings. The predicted molar refractivity (Wildman–Crippen MR) is 128 cm³/mol. The molecule has 0 N–H and O–H groups in total. The zero-order chi connectivity index (χ0) is 23.5. The summed E-state index contributed by atoms with van der Waals surface area (Å²) in [6.45, 7) is 10.8. The number of benzene rings is 2. The van der Waals surface area contributed by atoms with Gasteiger partial charge in [-0.1, -0.05) is 12.6 Å². The third-order valence-electron chi connectivity index (χ3n) is 5.07. The minimum absolute atomic E-state index is 0. The van der Waals surface area contributed by atoms with Crippen LogP contribution in [0.15, 0.2) is 61.0 Å². The molecule has 0 amide bonds. The molecular formula is C23H24BN2O5SY-. The molecule has 0 aliphatic carbocycles. The van der Waals surface area contributed by atoms with Crippen LogP contribution in [0.4, 0.5) is 5.69 Å². The summed E-state index contributed by atoms with van der Waals surface area (Å²) in [7, 11) is 1.03. The average Bonchev–Trinajstić information content (AvgIpc) is 3.24. The third-order valence-corrected chi connectivity index (χ3v) is 6.58. The van der Waals surface area contributed by atoms with Crippen LogP contribution in [-0.2, 0) is 42.5 Å². The van der Waals surface area contributed by atoms with E-state index in [1.807, 2.05) is 18.2 Å². The molecule has 2 heterocycles. The molecule has 0 fully saturated rings. The largest absolute Gasteiger partial charge is 0.436 e. The second-order valence-electron chi connectivity index (χ2n) is 6.81. The molecule has 0 bridgehead atoms. The Morgan fingerprint density at radius 2 is 1.70 bits per heavy atom. The van der Waals surface area contributed by atoms with Gasteiger partial charge in [-0.25, -0.2) is 18.2 Å². The van der Waals surface area contributed by atoms with Crippen LogP contribution in [0.5, 0.6) is 0 Å². The summed E-state index contributed by atoms with van der Waals surface area (Å²) in [5, 5.41) is 0.739. The summed E-state index contributed by atoms with van der Waals surface area (Å²) in [4.78, 5) is 19.2. The first-order valence-electron chi connectivity index (χ1n) is 10.2. The molecule has 10 heteroatoms. The first-order valence-corrected chi connectivity index (χ1v) is 11.8. The smallest absolute Gasteiger partial charge is 0.349 e. The number of nitrogens with zero attached hydrogens (tertiary/aromatic N) is 2. The number of rotatable bonds is 6. The van der Waals surface area contributed by atoms with E-state index in [2.05, 4.69) is 38.5 Å². The average molecular weight is 540 g/mol. The van der Waals surface area contributed by atoms with Gasteiger partial charge in [0.15, 0.2) is 15.4 Å². The first-order chi connectivity index (χ1) is 15.4. The molecule has 2 aromatic carbocycles. The van der Waals surface area contributed by atoms with Crippen molar-refractivity contribution in [1.82, 2.24) is 4.98 Å². The van der Waals surface area contributed by atoms with Crippen molar-refractivity contribution in [2.45, 2.75) is 25.6 Å². The van der Waals surface area contributed by atoms with Gasteiger partial charge in [0, 0.05) is 62.9 Å². The molecule has 0 aliphatic heterocycles. The molecule has 33 heavy (non-hydrogen) atoms. The van der Waals surface area contributed by atoms with Gasteiger partial charge in [-0.2, -0.15) is 0 Å². The van der Waals surface area contributed by atoms with Gasteiger partial charge in [0.25, 0.3) is 0 Å². The molecule has 4 aromatic rings. The second-order valence-corrected chi connectivity index (χ2v) is 8.92. The Hall–Kier alpha value is -1.96. The van der Waals surface area contributed by atoms with Crippen molar-refractivity contribution in [1.29, 1.82) is 0 Å². The quantitative estimate of drug-likeness (QED) is 0.205. The van der Waals surface area contributed by atoms with Gasteiger partial charge in [0.05, 0.1) is 12.7 Å². The topological polar surface area (TPSA) is 93.6 Å². The zero-order valence-electron chi connectivity index (χ0n) is 18.9. The van der Waals surface area contributed by atoms with Gasteiger partial charge in [-0.15, -0.1) is 0 Å². The van der Waals surface area contributed by atoms with Crippen molar-refractivity contribution in [3.8, 4) is 11.5 Å². The van der Waals surface area contributed by atoms with E-state index in [0.29, 0.717) is 16.7 Å². The fourth-order valence-corrected chi connectivity index (χ4v) is 4.17. The number of aromatic nitrogens is 1. The maximum atomic E-state index is 12.6. The van der Waals surface area contributed by atoms with Gasteiger partial charge >= 0.3 is 5.63 Å². The molecular weight excluding hydrogens is 516 g/mol. The number of hydrogen-bond acceptors (Lipinski definition) is 7. The molecule has 3 radical (unpaired) electrons. The van der Waals surface area contributed by atoms with E-state index in [0.717, 1.165) is 24.2 Å². The number of hydrogen-bond donors (Lipinski definition) is 0. The van der Waals surface area contributed by atoms with Crippen molar-refractivity contribution >= 4 is 45.4 Å². The Morgan fingerprint density at radius 3 is 2.33 bits per heavy atom. The summed E-state index contributed by atoms with van der Waals surface area (Å²) in [5.41, 5.74) is 1.78. The van der Waals surface area contributed by atoms with E-state index in [1.165, 1.54) is 25.0 Å². The summed E-state index contributed by atoms with van der Waals surface area (Å²) in [5.74, 6) is -0.176. The van der Waals surface area contributed by atoms with Crippen molar-refractivity contribution in [2.75, 3.05) is 23.7 Å². The Kier molecular flexibility index (Phi) is 9.47. The van der Waals surface area contributed by atoms with Crippen molar-refractivity contribution in [2.24, 2.45) is 0 Å². The van der Waals surface area contributed by atoms with Gasteiger partial charge in [0.1, 0.15) is 16.7 Å². The molecule has 0 saturated heterocycles. The number of oxazole rings is 1. The first kappa shape index (κ1) is 27.3. The standard InChI is InChI=1S/C22H21N2O5S.CH3B.Y/c1-4-24(5-2)15-8-7-14-11-17(22(25)29-20(14)12-15)21-23-18-13-16(30(26,27)6-3)9-10-19(18)28-21;1-2;/h7-13H,3-6H2,1-2H3;1H3;/q-1;;. The Bertz CT molecular complexity index is 1410. The van der Waals surface area contributed by atoms with Gasteiger partial charge in [-0.05, 0) is 50.2 Å². The van der Waals surface area contributed by atoms with Gasteiger partial charge in [0.2, 0.25) is 5.89 Å². The summed E-state index contributed by atoms with van der Waals surface area (Å²) >= 11 is 0. The summed E-state index contributed by atoms with van der Waals surface area (Å²) in [6.07, 6.45) is 0. The van der Waals surface area contributed by atoms with E-state index in [9.17, 15) is 13.2 Å². The molecule has 0 atom stereocenters. The molecule has 0 saturated carbocycles. The van der Waals surface area contributed by atoms with E-state index < -0.39 is 15.5 Å². The van der Waals surface area contributed by atoms with E-state index in [1.54, 1.807) is 6.07 Å².